The molecule has 0 bridgehead atoms. The van der Waals surface area contributed by atoms with Crippen molar-refractivity contribution in [2.45, 2.75) is 20.1 Å². The number of ether oxygens (including phenoxy) is 1. The number of nitrogens with zero attached hydrogens (tertiary/aromatic N) is 3. The van der Waals surface area contributed by atoms with E-state index in [-0.39, 0.29) is 31.2 Å². The van der Waals surface area contributed by atoms with E-state index in [0.29, 0.717) is 11.4 Å². The van der Waals surface area contributed by atoms with Gasteiger partial charge in [0.2, 0.25) is 5.91 Å². The van der Waals surface area contributed by atoms with Gasteiger partial charge < -0.3 is 15.2 Å². The maximum absolute atomic E-state index is 12.0. The Morgan fingerprint density at radius 1 is 1.36 bits per heavy atom. The first-order chi connectivity index (χ1) is 10.6. The number of rotatable bonds is 6. The van der Waals surface area contributed by atoms with Gasteiger partial charge in [0, 0.05) is 0 Å². The third kappa shape index (κ3) is 3.89. The Kier molecular flexibility index (Phi) is 5.21. The maximum Gasteiger partial charge on any atom is 0.340 e. The number of benzene rings is 1. The van der Waals surface area contributed by atoms with Gasteiger partial charge in [-0.2, -0.15) is 0 Å². The van der Waals surface area contributed by atoms with Crippen LogP contribution in [0.4, 0.5) is 5.69 Å². The van der Waals surface area contributed by atoms with Gasteiger partial charge in [-0.25, -0.2) is 9.48 Å². The Bertz CT molecular complexity index is 668. The zero-order valence-corrected chi connectivity index (χ0v) is 12.0. The lowest BCUT2D eigenvalue weighted by atomic mass is 10.2. The van der Waals surface area contributed by atoms with Gasteiger partial charge in [0.25, 0.3) is 0 Å². The molecule has 0 atom stereocenters. The van der Waals surface area contributed by atoms with Crippen molar-refractivity contribution in [3.8, 4) is 0 Å². The van der Waals surface area contributed by atoms with Gasteiger partial charge in [-0.1, -0.05) is 17.3 Å². The molecule has 8 nitrogen and oxygen atoms in total. The second-order valence-electron chi connectivity index (χ2n) is 4.38. The molecule has 22 heavy (non-hydrogen) atoms. The molecule has 0 unspecified atom stereocenters. The monoisotopic (exact) mass is 304 g/mol. The summed E-state index contributed by atoms with van der Waals surface area (Å²) in [5, 5.41) is 18.9. The first kappa shape index (κ1) is 15.6. The Morgan fingerprint density at radius 3 is 2.82 bits per heavy atom. The van der Waals surface area contributed by atoms with E-state index in [0.717, 1.165) is 0 Å². The smallest absolute Gasteiger partial charge is 0.340 e. The summed E-state index contributed by atoms with van der Waals surface area (Å²) in [6, 6.07) is 6.59. The van der Waals surface area contributed by atoms with Crippen LogP contribution in [-0.4, -0.2) is 38.6 Å². The molecule has 0 radical (unpaired) electrons. The van der Waals surface area contributed by atoms with Crippen LogP contribution in [0.5, 0.6) is 0 Å². The molecular weight excluding hydrogens is 288 g/mol. The fraction of sp³-hybridized carbons (Fsp3) is 0.286. The highest BCUT2D eigenvalue weighted by atomic mass is 16.5. The molecule has 116 valence electrons. The molecule has 8 heteroatoms. The summed E-state index contributed by atoms with van der Waals surface area (Å²) < 4.78 is 6.24. The lowest BCUT2D eigenvalue weighted by Gasteiger charge is -2.10. The quantitative estimate of drug-likeness (QED) is 0.756. The van der Waals surface area contributed by atoms with E-state index in [1.54, 1.807) is 31.2 Å². The van der Waals surface area contributed by atoms with Crippen LogP contribution in [0.3, 0.4) is 0 Å². The van der Waals surface area contributed by atoms with E-state index in [1.165, 1.54) is 10.9 Å². The summed E-state index contributed by atoms with van der Waals surface area (Å²) in [5.74, 6) is -0.868. The van der Waals surface area contributed by atoms with E-state index >= 15 is 0 Å². The van der Waals surface area contributed by atoms with Crippen LogP contribution in [0.15, 0.2) is 30.5 Å². The molecule has 0 aliphatic carbocycles. The lowest BCUT2D eigenvalue weighted by molar-refractivity contribution is -0.116. The van der Waals surface area contributed by atoms with E-state index in [9.17, 15) is 9.59 Å². The van der Waals surface area contributed by atoms with Gasteiger partial charge in [-0.15, -0.1) is 5.10 Å². The number of amides is 1. The molecule has 0 aliphatic rings. The Morgan fingerprint density at radius 2 is 2.14 bits per heavy atom. The molecule has 2 rings (SSSR count). The highest BCUT2D eigenvalue weighted by Gasteiger charge is 2.14. The summed E-state index contributed by atoms with van der Waals surface area (Å²) in [6.07, 6.45) is 1.47. The molecule has 0 spiro atoms. The lowest BCUT2D eigenvalue weighted by Crippen LogP contribution is -2.21. The van der Waals surface area contributed by atoms with Crippen molar-refractivity contribution in [3.05, 3.63) is 41.7 Å². The van der Waals surface area contributed by atoms with Crippen molar-refractivity contribution >= 4 is 17.6 Å². The molecule has 0 saturated carbocycles. The number of carbonyl (C=O) groups excluding carboxylic acids is 2. The Hall–Kier alpha value is -2.74. The fourth-order valence-electron chi connectivity index (χ4n) is 1.80. The summed E-state index contributed by atoms with van der Waals surface area (Å²) in [7, 11) is 0. The number of esters is 1. The third-order valence-corrected chi connectivity index (χ3v) is 2.75. The van der Waals surface area contributed by atoms with Crippen molar-refractivity contribution in [1.82, 2.24) is 15.0 Å². The number of aliphatic hydroxyl groups is 1. The summed E-state index contributed by atoms with van der Waals surface area (Å²) >= 11 is 0. The normalized spacial score (nSPS) is 10.3. The Labute approximate surface area is 126 Å². The highest BCUT2D eigenvalue weighted by Crippen LogP contribution is 2.16. The molecule has 0 saturated heterocycles. The minimum absolute atomic E-state index is 0.0792. The number of para-hydroxylation sites is 1. The number of anilines is 1. The number of hydrogen-bond acceptors (Lipinski definition) is 6. The van der Waals surface area contributed by atoms with Crippen molar-refractivity contribution in [2.24, 2.45) is 0 Å². The Balaban J connectivity index is 2.06. The zero-order valence-electron chi connectivity index (χ0n) is 12.0. The molecule has 1 aromatic carbocycles. The molecule has 2 aromatic rings. The average molecular weight is 304 g/mol. The number of carbonyl (C=O) groups is 2. The van der Waals surface area contributed by atoms with E-state index in [2.05, 4.69) is 15.6 Å². The van der Waals surface area contributed by atoms with Crippen LogP contribution >= 0.6 is 0 Å². The van der Waals surface area contributed by atoms with Gasteiger partial charge in [0.05, 0.1) is 30.7 Å². The van der Waals surface area contributed by atoms with E-state index < -0.39 is 5.97 Å². The van der Waals surface area contributed by atoms with Crippen LogP contribution in [0.2, 0.25) is 0 Å². The standard InChI is InChI=1S/C14H16N4O4/c1-2-22-14(21)11-5-3-4-6-12(11)15-13(20)8-18-7-10(9-19)16-17-18/h3-7,19H,2,8-9H2,1H3,(H,15,20). The molecule has 1 aromatic heterocycles. The minimum atomic E-state index is -0.498. The second kappa shape index (κ2) is 7.32. The summed E-state index contributed by atoms with van der Waals surface area (Å²) in [6.45, 7) is 1.64. The number of aliphatic hydroxyl groups excluding tert-OH is 1. The maximum atomic E-state index is 12.0. The first-order valence-electron chi connectivity index (χ1n) is 6.70. The fourth-order valence-corrected chi connectivity index (χ4v) is 1.80. The van der Waals surface area contributed by atoms with Crippen molar-refractivity contribution in [1.29, 1.82) is 0 Å². The predicted molar refractivity (Wildman–Crippen MR) is 77.0 cm³/mol. The SMILES string of the molecule is CCOC(=O)c1ccccc1NC(=O)Cn1cc(CO)nn1. The van der Waals surface area contributed by atoms with Crippen LogP contribution in [0.1, 0.15) is 23.0 Å². The number of nitrogens with one attached hydrogen (secondary N) is 1. The first-order valence-corrected chi connectivity index (χ1v) is 6.70. The minimum Gasteiger partial charge on any atom is -0.462 e. The zero-order chi connectivity index (χ0) is 15.9. The second-order valence-corrected chi connectivity index (χ2v) is 4.38. The predicted octanol–water partition coefficient (Wildman–Crippen LogP) is 0.586. The van der Waals surface area contributed by atoms with Crippen molar-refractivity contribution in [2.75, 3.05) is 11.9 Å². The topological polar surface area (TPSA) is 106 Å². The summed E-state index contributed by atoms with van der Waals surface area (Å²) in [4.78, 5) is 23.8. The van der Waals surface area contributed by atoms with Gasteiger partial charge in [0.1, 0.15) is 12.2 Å². The average Bonchev–Trinajstić information content (AvgIpc) is 2.95. The van der Waals surface area contributed by atoms with E-state index in [1.807, 2.05) is 0 Å². The molecular formula is C14H16N4O4. The van der Waals surface area contributed by atoms with Crippen LogP contribution in [0, 0.1) is 0 Å². The molecule has 0 fully saturated rings. The summed E-state index contributed by atoms with van der Waals surface area (Å²) in [5.41, 5.74) is 1.03. The molecule has 1 amide bonds. The van der Waals surface area contributed by atoms with Gasteiger partial charge in [-0.05, 0) is 19.1 Å². The molecule has 1 heterocycles. The molecule has 2 N–H and O–H groups in total. The number of hydrogen-bond donors (Lipinski definition) is 2. The van der Waals surface area contributed by atoms with Crippen LogP contribution in [0.25, 0.3) is 0 Å². The van der Waals surface area contributed by atoms with Crippen LogP contribution in [-0.2, 0) is 22.7 Å². The van der Waals surface area contributed by atoms with Gasteiger partial charge in [-0.3, -0.25) is 4.79 Å². The highest BCUT2D eigenvalue weighted by molar-refractivity contribution is 6.01. The third-order valence-electron chi connectivity index (χ3n) is 2.75. The van der Waals surface area contributed by atoms with Crippen molar-refractivity contribution in [3.63, 3.8) is 0 Å². The van der Waals surface area contributed by atoms with Gasteiger partial charge in [0.15, 0.2) is 0 Å². The van der Waals surface area contributed by atoms with Gasteiger partial charge >= 0.3 is 5.97 Å². The van der Waals surface area contributed by atoms with E-state index in [4.69, 9.17) is 9.84 Å². The largest absolute Gasteiger partial charge is 0.462 e. The number of aromatic nitrogens is 3. The van der Waals surface area contributed by atoms with Crippen molar-refractivity contribution < 1.29 is 19.4 Å². The molecule has 0 aliphatic heterocycles. The van der Waals surface area contributed by atoms with Crippen LogP contribution < -0.4 is 5.32 Å².